The van der Waals surface area contributed by atoms with Gasteiger partial charge in [-0.05, 0) is 25.1 Å². The van der Waals surface area contributed by atoms with Crippen molar-refractivity contribution in [2.24, 2.45) is 5.10 Å². The van der Waals surface area contributed by atoms with Crippen molar-refractivity contribution in [3.8, 4) is 5.75 Å². The van der Waals surface area contributed by atoms with Crippen molar-refractivity contribution >= 4 is 28.7 Å². The maximum absolute atomic E-state index is 11.8. The van der Waals surface area contributed by atoms with Gasteiger partial charge in [-0.3, -0.25) is 14.9 Å². The van der Waals surface area contributed by atoms with Crippen LogP contribution >= 0.6 is 0 Å². The number of fused-ring (bicyclic) bond motifs is 1. The van der Waals surface area contributed by atoms with Crippen LogP contribution in [-0.4, -0.2) is 28.6 Å². The van der Waals surface area contributed by atoms with Crippen molar-refractivity contribution in [2.75, 3.05) is 6.61 Å². The molecule has 8 nitrogen and oxygen atoms in total. The van der Waals surface area contributed by atoms with E-state index >= 15 is 0 Å². The van der Waals surface area contributed by atoms with Gasteiger partial charge in [-0.25, -0.2) is 5.43 Å². The number of H-pyrrole nitrogens is 1. The lowest BCUT2D eigenvalue weighted by molar-refractivity contribution is -0.384. The molecule has 0 aliphatic carbocycles. The molecule has 0 fully saturated rings. The van der Waals surface area contributed by atoms with Crippen molar-refractivity contribution in [1.29, 1.82) is 0 Å². The topological polar surface area (TPSA) is 110 Å². The van der Waals surface area contributed by atoms with Crippen molar-refractivity contribution < 1.29 is 14.5 Å². The summed E-state index contributed by atoms with van der Waals surface area (Å²) in [5, 5.41) is 15.6. The van der Waals surface area contributed by atoms with Gasteiger partial charge in [0.1, 0.15) is 5.75 Å². The number of aromatic nitrogens is 1. The molecule has 0 unspecified atom stereocenters. The van der Waals surface area contributed by atoms with Gasteiger partial charge in [-0.15, -0.1) is 0 Å². The lowest BCUT2D eigenvalue weighted by atomic mass is 10.1. The Morgan fingerprint density at radius 2 is 2.00 bits per heavy atom. The molecule has 3 aromatic rings. The van der Waals surface area contributed by atoms with E-state index in [1.54, 1.807) is 6.21 Å². The molecule has 132 valence electrons. The lowest BCUT2D eigenvalue weighted by Crippen LogP contribution is -2.24. The van der Waals surface area contributed by atoms with Crippen LogP contribution in [0.3, 0.4) is 0 Å². The van der Waals surface area contributed by atoms with Gasteiger partial charge in [0.05, 0.1) is 11.1 Å². The van der Waals surface area contributed by atoms with Crippen LogP contribution in [0.1, 0.15) is 11.3 Å². The van der Waals surface area contributed by atoms with Gasteiger partial charge in [0.15, 0.2) is 6.61 Å². The molecular formula is C18H16N4O4. The molecule has 2 aromatic carbocycles. The third-order valence-electron chi connectivity index (χ3n) is 3.74. The number of carbonyl (C=O) groups is 1. The highest BCUT2D eigenvalue weighted by atomic mass is 16.6. The number of amides is 1. The summed E-state index contributed by atoms with van der Waals surface area (Å²) in [7, 11) is 0. The zero-order chi connectivity index (χ0) is 18.5. The molecule has 2 N–H and O–H groups in total. The van der Waals surface area contributed by atoms with Crippen LogP contribution in [0, 0.1) is 17.0 Å². The maximum Gasteiger partial charge on any atom is 0.277 e. The van der Waals surface area contributed by atoms with Crippen molar-refractivity contribution in [2.45, 2.75) is 6.92 Å². The number of para-hydroxylation sites is 1. The summed E-state index contributed by atoms with van der Waals surface area (Å²) in [6.07, 6.45) is 1.58. The zero-order valence-corrected chi connectivity index (χ0v) is 13.9. The number of hydrogen-bond donors (Lipinski definition) is 2. The van der Waals surface area contributed by atoms with E-state index in [-0.39, 0.29) is 12.3 Å². The van der Waals surface area contributed by atoms with Gasteiger partial charge < -0.3 is 9.72 Å². The monoisotopic (exact) mass is 352 g/mol. The Morgan fingerprint density at radius 3 is 2.73 bits per heavy atom. The smallest absolute Gasteiger partial charge is 0.277 e. The fourth-order valence-corrected chi connectivity index (χ4v) is 2.48. The third kappa shape index (κ3) is 3.86. The number of ether oxygens (including phenoxy) is 1. The average molecular weight is 352 g/mol. The quantitative estimate of drug-likeness (QED) is 0.404. The van der Waals surface area contributed by atoms with Gasteiger partial charge in [0.25, 0.3) is 11.6 Å². The fraction of sp³-hybridized carbons (Fsp3) is 0.111. The van der Waals surface area contributed by atoms with Crippen molar-refractivity contribution in [3.05, 3.63) is 69.9 Å². The van der Waals surface area contributed by atoms with Gasteiger partial charge in [0.2, 0.25) is 0 Å². The molecule has 1 heterocycles. The molecule has 0 saturated heterocycles. The van der Waals surface area contributed by atoms with Gasteiger partial charge in [-0.2, -0.15) is 5.10 Å². The summed E-state index contributed by atoms with van der Waals surface area (Å²) in [6, 6.07) is 13.3. The average Bonchev–Trinajstić information content (AvgIpc) is 2.96. The molecule has 26 heavy (non-hydrogen) atoms. The SMILES string of the molecule is Cc1[nH]c2ccccc2c1/C=N/NC(=O)COc1ccc([N+](=O)[O-])cc1. The summed E-state index contributed by atoms with van der Waals surface area (Å²) >= 11 is 0. The van der Waals surface area contributed by atoms with E-state index in [0.29, 0.717) is 5.75 Å². The molecule has 1 aromatic heterocycles. The number of carbonyl (C=O) groups excluding carboxylic acids is 1. The molecule has 0 atom stereocenters. The summed E-state index contributed by atoms with van der Waals surface area (Å²) < 4.78 is 5.27. The molecule has 0 aliphatic heterocycles. The van der Waals surface area contributed by atoms with Gasteiger partial charge in [-0.1, -0.05) is 18.2 Å². The highest BCUT2D eigenvalue weighted by molar-refractivity contribution is 6.00. The molecule has 1 amide bonds. The number of aryl methyl sites for hydroxylation is 1. The molecule has 3 rings (SSSR count). The van der Waals surface area contributed by atoms with Crippen LogP contribution in [0.2, 0.25) is 0 Å². The highest BCUT2D eigenvalue weighted by Gasteiger charge is 2.07. The predicted octanol–water partition coefficient (Wildman–Crippen LogP) is 2.91. The van der Waals surface area contributed by atoms with E-state index in [2.05, 4.69) is 15.5 Å². The van der Waals surface area contributed by atoms with E-state index in [0.717, 1.165) is 22.2 Å². The first kappa shape index (κ1) is 17.2. The second kappa shape index (κ2) is 7.47. The van der Waals surface area contributed by atoms with Crippen LogP contribution in [-0.2, 0) is 4.79 Å². The minimum absolute atomic E-state index is 0.0412. The zero-order valence-electron chi connectivity index (χ0n) is 13.9. The molecule has 0 bridgehead atoms. The Kier molecular flexibility index (Phi) is 4.93. The number of rotatable bonds is 6. The third-order valence-corrected chi connectivity index (χ3v) is 3.74. The van der Waals surface area contributed by atoms with Crippen molar-refractivity contribution in [3.63, 3.8) is 0 Å². The van der Waals surface area contributed by atoms with Crippen LogP contribution in [0.4, 0.5) is 5.69 Å². The Morgan fingerprint density at radius 1 is 1.27 bits per heavy atom. The minimum atomic E-state index is -0.502. The number of hydrogen-bond acceptors (Lipinski definition) is 5. The standard InChI is InChI=1S/C18H16N4O4/c1-12-16(15-4-2-3-5-17(15)20-12)10-19-21-18(23)11-26-14-8-6-13(7-9-14)22(24)25/h2-10,20H,11H2,1H3,(H,21,23)/b19-10+. The normalized spacial score (nSPS) is 11.0. The fourth-order valence-electron chi connectivity index (χ4n) is 2.48. The van der Waals surface area contributed by atoms with Crippen LogP contribution in [0.5, 0.6) is 5.75 Å². The Labute approximate surface area is 148 Å². The van der Waals surface area contributed by atoms with Gasteiger partial charge in [0, 0.05) is 34.3 Å². The first-order valence-corrected chi connectivity index (χ1v) is 7.81. The summed E-state index contributed by atoms with van der Waals surface area (Å²) in [5.74, 6) is -0.0701. The molecular weight excluding hydrogens is 336 g/mol. The lowest BCUT2D eigenvalue weighted by Gasteiger charge is -2.04. The number of aromatic amines is 1. The first-order chi connectivity index (χ1) is 12.5. The van der Waals surface area contributed by atoms with Crippen LogP contribution in [0.15, 0.2) is 53.6 Å². The maximum atomic E-state index is 11.8. The van der Waals surface area contributed by atoms with Gasteiger partial charge >= 0.3 is 0 Å². The number of nitrogens with one attached hydrogen (secondary N) is 2. The van der Waals surface area contributed by atoms with E-state index < -0.39 is 10.8 Å². The number of nitrogens with zero attached hydrogens (tertiary/aromatic N) is 2. The number of nitro groups is 1. The predicted molar refractivity (Wildman–Crippen MR) is 97.4 cm³/mol. The molecule has 0 aliphatic rings. The number of hydrazone groups is 1. The molecule has 0 radical (unpaired) electrons. The molecule has 0 saturated carbocycles. The Hall–Kier alpha value is -3.68. The largest absolute Gasteiger partial charge is 0.484 e. The first-order valence-electron chi connectivity index (χ1n) is 7.81. The van der Waals surface area contributed by atoms with Crippen molar-refractivity contribution in [1.82, 2.24) is 10.4 Å². The Bertz CT molecular complexity index is 977. The summed E-state index contributed by atoms with van der Waals surface area (Å²) in [5.41, 5.74) is 5.20. The number of nitro benzene ring substituents is 1. The summed E-state index contributed by atoms with van der Waals surface area (Å²) in [6.45, 7) is 1.68. The summed E-state index contributed by atoms with van der Waals surface area (Å²) in [4.78, 5) is 25.1. The Balaban J connectivity index is 1.56. The number of non-ortho nitro benzene ring substituents is 1. The second-order valence-corrected chi connectivity index (χ2v) is 5.54. The number of benzene rings is 2. The highest BCUT2D eigenvalue weighted by Crippen LogP contribution is 2.20. The van der Waals surface area contributed by atoms with E-state index in [4.69, 9.17) is 4.74 Å². The van der Waals surface area contributed by atoms with E-state index in [1.807, 2.05) is 31.2 Å². The van der Waals surface area contributed by atoms with Crippen LogP contribution in [0.25, 0.3) is 10.9 Å². The van der Waals surface area contributed by atoms with Crippen LogP contribution < -0.4 is 10.2 Å². The minimum Gasteiger partial charge on any atom is -0.484 e. The van der Waals surface area contributed by atoms with E-state index in [1.165, 1.54) is 24.3 Å². The second-order valence-electron chi connectivity index (χ2n) is 5.54. The molecule has 8 heteroatoms. The molecule has 0 spiro atoms. The van der Waals surface area contributed by atoms with E-state index in [9.17, 15) is 14.9 Å².